The number of nitrogens with zero attached hydrogens (tertiary/aromatic N) is 3. The van der Waals surface area contributed by atoms with Crippen molar-refractivity contribution in [2.24, 2.45) is 11.8 Å². The van der Waals surface area contributed by atoms with Crippen LogP contribution in [0.1, 0.15) is 54.4 Å². The van der Waals surface area contributed by atoms with Crippen LogP contribution in [0.5, 0.6) is 0 Å². The summed E-state index contributed by atoms with van der Waals surface area (Å²) in [5.74, 6) is 1.37. The number of Topliss-reactive ketones (excluding diaryl/α,β-unsaturated/α-hetero) is 1. The van der Waals surface area contributed by atoms with Crippen molar-refractivity contribution in [2.45, 2.75) is 72.5 Å². The summed E-state index contributed by atoms with van der Waals surface area (Å²) in [5.41, 5.74) is 0. The molecule has 2 heterocycles. The Labute approximate surface area is 149 Å². The van der Waals surface area contributed by atoms with Gasteiger partial charge in [0, 0.05) is 43.7 Å². The number of piperidine rings is 1. The Balaban J connectivity index is 1.75. The predicted molar refractivity (Wildman–Crippen MR) is 101 cm³/mol. The number of hydrogen-bond donors (Lipinski definition) is 0. The molecule has 2 aliphatic heterocycles. The fraction of sp³-hybridized carbons (Fsp3) is 0.950. The molecule has 0 aromatic heterocycles. The average Bonchev–Trinajstić information content (AvgIpc) is 2.48. The molecule has 0 saturated carbocycles. The number of rotatable bonds is 6. The molecule has 0 aromatic rings. The first kappa shape index (κ1) is 19.9. The van der Waals surface area contributed by atoms with Gasteiger partial charge >= 0.3 is 0 Å². The van der Waals surface area contributed by atoms with Crippen LogP contribution in [-0.4, -0.2) is 77.9 Å². The van der Waals surface area contributed by atoms with Crippen molar-refractivity contribution in [3.8, 4) is 0 Å². The lowest BCUT2D eigenvalue weighted by Crippen LogP contribution is -2.59. The molecule has 0 spiro atoms. The first-order chi connectivity index (χ1) is 11.3. The van der Waals surface area contributed by atoms with E-state index >= 15 is 0 Å². The molecule has 0 bridgehead atoms. The molecule has 4 nitrogen and oxygen atoms in total. The van der Waals surface area contributed by atoms with Gasteiger partial charge in [-0.2, -0.15) is 0 Å². The highest BCUT2D eigenvalue weighted by Gasteiger charge is 2.32. The monoisotopic (exact) mass is 337 g/mol. The lowest BCUT2D eigenvalue weighted by atomic mass is 9.94. The van der Waals surface area contributed by atoms with Crippen LogP contribution in [-0.2, 0) is 4.79 Å². The standard InChI is InChI=1S/C20H39N3O/c1-15(2)20(24)14-21-9-7-19(8-10-21)13-22-11-17(5)23(16(3)4)18(6)12-22/h15-19H,7-14H2,1-6H3. The third-order valence-electron chi connectivity index (χ3n) is 5.91. The zero-order valence-corrected chi connectivity index (χ0v) is 16.8. The van der Waals surface area contributed by atoms with Gasteiger partial charge in [-0.1, -0.05) is 13.8 Å². The molecule has 0 amide bonds. The molecule has 0 aromatic carbocycles. The highest BCUT2D eigenvalue weighted by molar-refractivity contribution is 5.82. The minimum Gasteiger partial charge on any atom is -0.300 e. The van der Waals surface area contributed by atoms with Crippen molar-refractivity contribution in [1.82, 2.24) is 14.7 Å². The van der Waals surface area contributed by atoms with E-state index in [1.807, 2.05) is 13.8 Å². The minimum absolute atomic E-state index is 0.169. The van der Waals surface area contributed by atoms with E-state index in [0.29, 0.717) is 30.5 Å². The lowest BCUT2D eigenvalue weighted by molar-refractivity contribution is -0.123. The number of piperazine rings is 1. The van der Waals surface area contributed by atoms with Gasteiger partial charge in [0.1, 0.15) is 5.78 Å². The van der Waals surface area contributed by atoms with Crippen molar-refractivity contribution in [3.63, 3.8) is 0 Å². The number of carbonyl (C=O) groups is 1. The quantitative estimate of drug-likeness (QED) is 0.745. The van der Waals surface area contributed by atoms with Gasteiger partial charge in [0.15, 0.2) is 0 Å². The Bertz CT molecular complexity index is 390. The molecule has 4 heteroatoms. The Morgan fingerprint density at radius 2 is 1.50 bits per heavy atom. The fourth-order valence-corrected chi connectivity index (χ4v) is 4.71. The third kappa shape index (κ3) is 5.27. The van der Waals surface area contributed by atoms with E-state index in [1.165, 1.54) is 32.5 Å². The molecule has 2 unspecified atom stereocenters. The first-order valence-electron chi connectivity index (χ1n) is 10.0. The number of carbonyl (C=O) groups excluding carboxylic acids is 1. The lowest BCUT2D eigenvalue weighted by Gasteiger charge is -2.47. The highest BCUT2D eigenvalue weighted by Crippen LogP contribution is 2.23. The van der Waals surface area contributed by atoms with E-state index in [1.54, 1.807) is 0 Å². The summed E-state index contributed by atoms with van der Waals surface area (Å²) in [6.45, 7) is 19.9. The topological polar surface area (TPSA) is 26.8 Å². The Hall–Kier alpha value is -0.450. The van der Waals surface area contributed by atoms with Gasteiger partial charge in [-0.25, -0.2) is 0 Å². The summed E-state index contributed by atoms with van der Waals surface area (Å²) in [4.78, 5) is 19.6. The van der Waals surface area contributed by atoms with Crippen molar-refractivity contribution < 1.29 is 4.79 Å². The molecule has 2 aliphatic rings. The molecule has 2 atom stereocenters. The zero-order valence-electron chi connectivity index (χ0n) is 16.8. The van der Waals surface area contributed by atoms with E-state index in [2.05, 4.69) is 42.4 Å². The molecule has 140 valence electrons. The van der Waals surface area contributed by atoms with Crippen LogP contribution < -0.4 is 0 Å². The summed E-state index contributed by atoms with van der Waals surface area (Å²) >= 11 is 0. The second-order valence-electron chi connectivity index (χ2n) is 8.80. The molecule has 2 fully saturated rings. The van der Waals surface area contributed by atoms with Crippen LogP contribution in [0.15, 0.2) is 0 Å². The highest BCUT2D eigenvalue weighted by atomic mass is 16.1. The van der Waals surface area contributed by atoms with Gasteiger partial charge in [-0.15, -0.1) is 0 Å². The van der Waals surface area contributed by atoms with Gasteiger partial charge in [-0.05, 0) is 59.5 Å². The fourth-order valence-electron chi connectivity index (χ4n) is 4.71. The van der Waals surface area contributed by atoms with Crippen molar-refractivity contribution in [2.75, 3.05) is 39.3 Å². The molecule has 0 N–H and O–H groups in total. The van der Waals surface area contributed by atoms with Crippen LogP contribution >= 0.6 is 0 Å². The van der Waals surface area contributed by atoms with Crippen molar-refractivity contribution in [3.05, 3.63) is 0 Å². The molecular weight excluding hydrogens is 298 g/mol. The number of likely N-dealkylation sites (tertiary alicyclic amines) is 1. The summed E-state index contributed by atoms with van der Waals surface area (Å²) < 4.78 is 0. The van der Waals surface area contributed by atoms with Gasteiger partial charge in [0.2, 0.25) is 0 Å². The zero-order chi connectivity index (χ0) is 17.9. The first-order valence-corrected chi connectivity index (χ1v) is 10.0. The number of hydrogen-bond acceptors (Lipinski definition) is 4. The maximum Gasteiger partial charge on any atom is 0.149 e. The minimum atomic E-state index is 0.169. The molecule has 0 aliphatic carbocycles. The van der Waals surface area contributed by atoms with Crippen molar-refractivity contribution in [1.29, 1.82) is 0 Å². The van der Waals surface area contributed by atoms with Crippen LogP contribution in [0.25, 0.3) is 0 Å². The van der Waals surface area contributed by atoms with Gasteiger partial charge in [-0.3, -0.25) is 19.5 Å². The predicted octanol–water partition coefficient (Wildman–Crippen LogP) is 2.73. The number of ketones is 1. The third-order valence-corrected chi connectivity index (χ3v) is 5.91. The van der Waals surface area contributed by atoms with Crippen molar-refractivity contribution >= 4 is 5.78 Å². The van der Waals surface area contributed by atoms with E-state index < -0.39 is 0 Å². The average molecular weight is 338 g/mol. The second kappa shape index (κ2) is 8.77. The molecule has 0 radical (unpaired) electrons. The SMILES string of the molecule is CC(C)C(=O)CN1CCC(CN2CC(C)N(C(C)C)C(C)C2)CC1. The van der Waals surface area contributed by atoms with E-state index in [0.717, 1.165) is 19.0 Å². The van der Waals surface area contributed by atoms with E-state index in [-0.39, 0.29) is 5.92 Å². The Morgan fingerprint density at radius 1 is 0.958 bits per heavy atom. The van der Waals surface area contributed by atoms with Crippen LogP contribution in [0.3, 0.4) is 0 Å². The smallest absolute Gasteiger partial charge is 0.149 e. The summed E-state index contributed by atoms with van der Waals surface area (Å²) in [6, 6.07) is 1.94. The van der Waals surface area contributed by atoms with Gasteiger partial charge in [0.25, 0.3) is 0 Å². The largest absolute Gasteiger partial charge is 0.300 e. The molecular formula is C20H39N3O. The summed E-state index contributed by atoms with van der Waals surface area (Å²) in [6.07, 6.45) is 2.50. The Morgan fingerprint density at radius 3 is 1.96 bits per heavy atom. The molecule has 2 rings (SSSR count). The van der Waals surface area contributed by atoms with Crippen LogP contribution in [0, 0.1) is 11.8 Å². The van der Waals surface area contributed by atoms with Gasteiger partial charge < -0.3 is 0 Å². The second-order valence-corrected chi connectivity index (χ2v) is 8.80. The summed E-state index contributed by atoms with van der Waals surface area (Å²) in [7, 11) is 0. The van der Waals surface area contributed by atoms with Crippen LogP contribution in [0.4, 0.5) is 0 Å². The van der Waals surface area contributed by atoms with E-state index in [4.69, 9.17) is 0 Å². The van der Waals surface area contributed by atoms with E-state index in [9.17, 15) is 4.79 Å². The van der Waals surface area contributed by atoms with Crippen LogP contribution in [0.2, 0.25) is 0 Å². The molecule has 24 heavy (non-hydrogen) atoms. The van der Waals surface area contributed by atoms with Gasteiger partial charge in [0.05, 0.1) is 6.54 Å². The molecule has 2 saturated heterocycles. The normalized spacial score (nSPS) is 28.8. The maximum absolute atomic E-state index is 11.9. The Kier molecular flexibility index (Phi) is 7.26. The maximum atomic E-state index is 11.9. The summed E-state index contributed by atoms with van der Waals surface area (Å²) in [5, 5.41) is 0.